The standard InChI is InChI=1S/C23H19N3O/c27-20-8-5-17(6-9-20)18-7-10-21-22(13-18)25-23(14-24-21)26-12-11-16-3-1-2-4-19(16)15-26/h1-10,13-14,27H,11-12,15H2. The molecule has 132 valence electrons. The summed E-state index contributed by atoms with van der Waals surface area (Å²) in [5, 5.41) is 9.50. The summed E-state index contributed by atoms with van der Waals surface area (Å²) in [5.41, 5.74) is 6.68. The van der Waals surface area contributed by atoms with Gasteiger partial charge >= 0.3 is 0 Å². The molecule has 1 aliphatic rings. The van der Waals surface area contributed by atoms with Crippen LogP contribution < -0.4 is 4.90 Å². The van der Waals surface area contributed by atoms with E-state index in [9.17, 15) is 5.11 Å². The molecular weight excluding hydrogens is 334 g/mol. The van der Waals surface area contributed by atoms with Gasteiger partial charge in [0.25, 0.3) is 0 Å². The van der Waals surface area contributed by atoms with Gasteiger partial charge in [0.2, 0.25) is 0 Å². The zero-order chi connectivity index (χ0) is 18.2. The summed E-state index contributed by atoms with van der Waals surface area (Å²) in [6.07, 6.45) is 2.90. The molecule has 1 aliphatic heterocycles. The third-order valence-corrected chi connectivity index (χ3v) is 5.18. The molecule has 0 aliphatic carbocycles. The highest BCUT2D eigenvalue weighted by Gasteiger charge is 2.17. The van der Waals surface area contributed by atoms with E-state index >= 15 is 0 Å². The van der Waals surface area contributed by atoms with Crippen molar-refractivity contribution in [2.75, 3.05) is 11.4 Å². The number of rotatable bonds is 2. The van der Waals surface area contributed by atoms with Gasteiger partial charge in [-0.3, -0.25) is 4.98 Å². The number of hydrogen-bond donors (Lipinski definition) is 1. The Morgan fingerprint density at radius 2 is 1.59 bits per heavy atom. The van der Waals surface area contributed by atoms with Crippen molar-refractivity contribution < 1.29 is 5.11 Å². The minimum absolute atomic E-state index is 0.270. The van der Waals surface area contributed by atoms with Gasteiger partial charge in [-0.2, -0.15) is 0 Å². The molecule has 4 nitrogen and oxygen atoms in total. The zero-order valence-corrected chi connectivity index (χ0v) is 14.8. The van der Waals surface area contributed by atoms with Crippen molar-refractivity contribution in [1.29, 1.82) is 0 Å². The van der Waals surface area contributed by atoms with Gasteiger partial charge < -0.3 is 10.0 Å². The van der Waals surface area contributed by atoms with Gasteiger partial charge in [0.05, 0.1) is 17.2 Å². The second-order valence-electron chi connectivity index (χ2n) is 6.92. The maximum absolute atomic E-state index is 9.50. The molecule has 3 aromatic carbocycles. The van der Waals surface area contributed by atoms with Crippen LogP contribution in [0, 0.1) is 0 Å². The Kier molecular flexibility index (Phi) is 3.75. The van der Waals surface area contributed by atoms with Crippen LogP contribution in [0.15, 0.2) is 72.9 Å². The first kappa shape index (κ1) is 15.8. The van der Waals surface area contributed by atoms with E-state index in [0.29, 0.717) is 0 Å². The molecule has 0 bridgehead atoms. The van der Waals surface area contributed by atoms with Crippen molar-refractivity contribution >= 4 is 16.9 Å². The van der Waals surface area contributed by atoms with Crippen molar-refractivity contribution in [3.63, 3.8) is 0 Å². The zero-order valence-electron chi connectivity index (χ0n) is 14.8. The molecule has 1 N–H and O–H groups in total. The van der Waals surface area contributed by atoms with Gasteiger partial charge in [0.1, 0.15) is 11.6 Å². The molecule has 5 rings (SSSR count). The highest BCUT2D eigenvalue weighted by Crippen LogP contribution is 2.27. The molecule has 0 spiro atoms. The van der Waals surface area contributed by atoms with Gasteiger partial charge in [0, 0.05) is 13.1 Å². The van der Waals surface area contributed by atoms with Gasteiger partial charge in [-0.1, -0.05) is 42.5 Å². The number of aromatic nitrogens is 2. The third-order valence-electron chi connectivity index (χ3n) is 5.18. The van der Waals surface area contributed by atoms with Crippen LogP contribution in [0.25, 0.3) is 22.2 Å². The molecule has 0 radical (unpaired) electrons. The number of benzene rings is 3. The number of phenols is 1. The van der Waals surface area contributed by atoms with E-state index in [1.165, 1.54) is 11.1 Å². The van der Waals surface area contributed by atoms with Gasteiger partial charge in [-0.25, -0.2) is 4.98 Å². The summed E-state index contributed by atoms with van der Waals surface area (Å²) < 4.78 is 0. The Hall–Kier alpha value is -3.40. The van der Waals surface area contributed by atoms with E-state index in [1.807, 2.05) is 30.5 Å². The monoisotopic (exact) mass is 353 g/mol. The van der Waals surface area contributed by atoms with E-state index in [1.54, 1.807) is 12.1 Å². The lowest BCUT2D eigenvalue weighted by Gasteiger charge is -2.29. The average Bonchev–Trinajstić information content (AvgIpc) is 2.73. The third kappa shape index (κ3) is 2.99. The lowest BCUT2D eigenvalue weighted by Crippen LogP contribution is -2.31. The number of nitrogens with zero attached hydrogens (tertiary/aromatic N) is 3. The topological polar surface area (TPSA) is 49.3 Å². The molecular formula is C23H19N3O. The Morgan fingerprint density at radius 3 is 2.44 bits per heavy atom. The first-order chi connectivity index (χ1) is 13.3. The fraction of sp³-hybridized carbons (Fsp3) is 0.130. The van der Waals surface area contributed by atoms with Crippen LogP contribution in [0.1, 0.15) is 11.1 Å². The number of hydrogen-bond acceptors (Lipinski definition) is 4. The van der Waals surface area contributed by atoms with Crippen LogP contribution in [0.4, 0.5) is 5.82 Å². The van der Waals surface area contributed by atoms with Crippen molar-refractivity contribution in [3.05, 3.63) is 84.1 Å². The Bertz CT molecular complexity index is 1120. The van der Waals surface area contributed by atoms with Gasteiger partial charge in [-0.15, -0.1) is 0 Å². The van der Waals surface area contributed by atoms with Crippen molar-refractivity contribution in [1.82, 2.24) is 9.97 Å². The van der Waals surface area contributed by atoms with E-state index in [4.69, 9.17) is 4.98 Å². The van der Waals surface area contributed by atoms with Crippen molar-refractivity contribution in [2.45, 2.75) is 13.0 Å². The van der Waals surface area contributed by atoms with Gasteiger partial charge in [-0.05, 0) is 52.9 Å². The SMILES string of the molecule is Oc1ccc(-c2ccc3ncc(N4CCc5ccccc5C4)nc3c2)cc1. The minimum atomic E-state index is 0.270. The average molecular weight is 353 g/mol. The summed E-state index contributed by atoms with van der Waals surface area (Å²) in [4.78, 5) is 11.8. The molecule has 2 heterocycles. The van der Waals surface area contributed by atoms with E-state index < -0.39 is 0 Å². The maximum Gasteiger partial charge on any atom is 0.148 e. The van der Waals surface area contributed by atoms with Crippen LogP contribution in [0.2, 0.25) is 0 Å². The predicted molar refractivity (Wildman–Crippen MR) is 108 cm³/mol. The second kappa shape index (κ2) is 6.40. The van der Waals surface area contributed by atoms with Crippen LogP contribution in [-0.2, 0) is 13.0 Å². The molecule has 1 aromatic heterocycles. The highest BCUT2D eigenvalue weighted by molar-refractivity contribution is 5.82. The number of phenolic OH excluding ortho intramolecular Hbond substituents is 1. The first-order valence-corrected chi connectivity index (χ1v) is 9.14. The lowest BCUT2D eigenvalue weighted by atomic mass is 10.00. The highest BCUT2D eigenvalue weighted by atomic mass is 16.3. The summed E-state index contributed by atoms with van der Waals surface area (Å²) in [6.45, 7) is 1.82. The Labute approximate surface area is 157 Å². The fourth-order valence-corrected chi connectivity index (χ4v) is 3.68. The van der Waals surface area contributed by atoms with Crippen LogP contribution in [-0.4, -0.2) is 21.6 Å². The Morgan fingerprint density at radius 1 is 0.815 bits per heavy atom. The minimum Gasteiger partial charge on any atom is -0.508 e. The normalized spacial score (nSPS) is 13.6. The van der Waals surface area contributed by atoms with Crippen molar-refractivity contribution in [3.8, 4) is 16.9 Å². The summed E-state index contributed by atoms with van der Waals surface area (Å²) in [6, 6.07) is 21.9. The first-order valence-electron chi connectivity index (χ1n) is 9.14. The Balaban J connectivity index is 1.50. The fourth-order valence-electron chi connectivity index (χ4n) is 3.68. The largest absolute Gasteiger partial charge is 0.508 e. The smallest absolute Gasteiger partial charge is 0.148 e. The van der Waals surface area contributed by atoms with Crippen molar-refractivity contribution in [2.24, 2.45) is 0 Å². The number of anilines is 1. The second-order valence-corrected chi connectivity index (χ2v) is 6.92. The summed E-state index contributed by atoms with van der Waals surface area (Å²) in [7, 11) is 0. The molecule has 0 saturated heterocycles. The quantitative estimate of drug-likeness (QED) is 0.574. The van der Waals surface area contributed by atoms with Crippen LogP contribution in [0.3, 0.4) is 0 Å². The molecule has 0 saturated carbocycles. The summed E-state index contributed by atoms with van der Waals surface area (Å²) in [5.74, 6) is 1.19. The number of aromatic hydroxyl groups is 1. The molecule has 4 heteroatoms. The molecule has 4 aromatic rings. The lowest BCUT2D eigenvalue weighted by molar-refractivity contribution is 0.475. The number of fused-ring (bicyclic) bond motifs is 2. The molecule has 0 unspecified atom stereocenters. The molecule has 0 atom stereocenters. The summed E-state index contributed by atoms with van der Waals surface area (Å²) >= 11 is 0. The maximum atomic E-state index is 9.50. The van der Waals surface area contributed by atoms with Crippen LogP contribution in [0.5, 0.6) is 5.75 Å². The molecule has 27 heavy (non-hydrogen) atoms. The predicted octanol–water partition coefficient (Wildman–Crippen LogP) is 4.57. The van der Waals surface area contributed by atoms with Gasteiger partial charge in [0.15, 0.2) is 0 Å². The van der Waals surface area contributed by atoms with E-state index in [0.717, 1.165) is 47.5 Å². The molecule has 0 fully saturated rings. The molecule has 0 amide bonds. The van der Waals surface area contributed by atoms with E-state index in [-0.39, 0.29) is 5.75 Å². The van der Waals surface area contributed by atoms with Crippen LogP contribution >= 0.6 is 0 Å². The van der Waals surface area contributed by atoms with E-state index in [2.05, 4.69) is 40.2 Å².